The Morgan fingerprint density at radius 3 is 2.22 bits per heavy atom. The van der Waals surface area contributed by atoms with Gasteiger partial charge in [-0.2, -0.15) is 0 Å². The highest BCUT2D eigenvalue weighted by atomic mass is 79.9. The first-order valence-corrected chi connectivity index (χ1v) is 6.39. The van der Waals surface area contributed by atoms with E-state index in [1.807, 2.05) is 42.5 Å². The molecular weight excluding hydrogens is 292 g/mol. The van der Waals surface area contributed by atoms with Gasteiger partial charge in [0.2, 0.25) is 0 Å². The van der Waals surface area contributed by atoms with Gasteiger partial charge in [0.25, 0.3) is 0 Å². The van der Waals surface area contributed by atoms with E-state index in [4.69, 9.17) is 4.74 Å². The lowest BCUT2D eigenvalue weighted by molar-refractivity contribution is 0.0604. The van der Waals surface area contributed by atoms with Crippen molar-refractivity contribution in [3.8, 4) is 0 Å². The lowest BCUT2D eigenvalue weighted by atomic mass is 10.00. The summed E-state index contributed by atoms with van der Waals surface area (Å²) in [5.74, 6) is -0.0274. The number of carbonyl (C=O) groups is 1. The van der Waals surface area contributed by atoms with Gasteiger partial charge in [0.15, 0.2) is 5.78 Å². The van der Waals surface area contributed by atoms with Gasteiger partial charge in [-0.3, -0.25) is 4.79 Å². The van der Waals surface area contributed by atoms with Crippen molar-refractivity contribution in [2.24, 2.45) is 0 Å². The summed E-state index contributed by atoms with van der Waals surface area (Å²) in [7, 11) is 1.55. The summed E-state index contributed by atoms with van der Waals surface area (Å²) >= 11 is 3.37. The molecule has 0 saturated heterocycles. The molecule has 0 amide bonds. The van der Waals surface area contributed by atoms with Crippen LogP contribution in [-0.2, 0) is 4.74 Å². The van der Waals surface area contributed by atoms with Crippen LogP contribution in [-0.4, -0.2) is 12.9 Å². The fraction of sp³-hybridized carbons (Fsp3) is 0.133. The molecule has 1 unspecified atom stereocenters. The van der Waals surface area contributed by atoms with Crippen molar-refractivity contribution in [2.75, 3.05) is 7.11 Å². The molecule has 0 aromatic heterocycles. The van der Waals surface area contributed by atoms with Crippen LogP contribution in [0.1, 0.15) is 22.0 Å². The molecule has 0 aliphatic heterocycles. The smallest absolute Gasteiger partial charge is 0.196 e. The maximum Gasteiger partial charge on any atom is 0.196 e. The minimum atomic E-state index is -0.555. The summed E-state index contributed by atoms with van der Waals surface area (Å²) in [5, 5.41) is 0. The van der Waals surface area contributed by atoms with Crippen LogP contribution in [0, 0.1) is 0 Å². The van der Waals surface area contributed by atoms with E-state index in [2.05, 4.69) is 15.9 Å². The zero-order valence-corrected chi connectivity index (χ0v) is 11.6. The molecule has 0 bridgehead atoms. The number of carbonyl (C=O) groups excluding carboxylic acids is 1. The van der Waals surface area contributed by atoms with Gasteiger partial charge in [0.1, 0.15) is 6.10 Å². The molecule has 92 valence electrons. The number of Topliss-reactive ketones (excluding diaryl/α,β-unsaturated/α-hetero) is 1. The summed E-state index contributed by atoms with van der Waals surface area (Å²) in [6, 6.07) is 16.8. The zero-order chi connectivity index (χ0) is 13.0. The molecule has 2 aromatic rings. The van der Waals surface area contributed by atoms with Gasteiger partial charge in [-0.1, -0.05) is 58.4 Å². The minimum Gasteiger partial charge on any atom is -0.369 e. The van der Waals surface area contributed by atoms with E-state index in [9.17, 15) is 4.79 Å². The maximum absolute atomic E-state index is 12.3. The molecule has 0 aliphatic carbocycles. The van der Waals surface area contributed by atoms with E-state index >= 15 is 0 Å². The average Bonchev–Trinajstić information content (AvgIpc) is 2.42. The fourth-order valence-electron chi connectivity index (χ4n) is 1.79. The molecule has 2 rings (SSSR count). The highest BCUT2D eigenvalue weighted by Crippen LogP contribution is 2.23. The summed E-state index contributed by atoms with van der Waals surface area (Å²) in [4.78, 5) is 12.3. The standard InChI is InChI=1S/C15H13BrO2/c1-18-15(12-7-9-13(16)10-8-12)14(17)11-5-3-2-4-6-11/h2-10,15H,1H3. The Bertz CT molecular complexity index is 520. The Hall–Kier alpha value is -1.45. The molecule has 2 nitrogen and oxygen atoms in total. The first kappa shape index (κ1) is 13.0. The van der Waals surface area contributed by atoms with E-state index in [1.54, 1.807) is 19.2 Å². The van der Waals surface area contributed by atoms with E-state index in [0.29, 0.717) is 5.56 Å². The Morgan fingerprint density at radius 2 is 1.67 bits per heavy atom. The molecule has 0 aliphatic rings. The van der Waals surface area contributed by atoms with Crippen LogP contribution in [0.4, 0.5) is 0 Å². The van der Waals surface area contributed by atoms with Gasteiger partial charge >= 0.3 is 0 Å². The van der Waals surface area contributed by atoms with Crippen LogP contribution in [0.15, 0.2) is 59.1 Å². The second-order valence-electron chi connectivity index (χ2n) is 3.90. The van der Waals surface area contributed by atoms with E-state index in [1.165, 1.54) is 0 Å². The Labute approximate surface area is 115 Å². The largest absolute Gasteiger partial charge is 0.369 e. The molecule has 0 heterocycles. The van der Waals surface area contributed by atoms with Crippen molar-refractivity contribution >= 4 is 21.7 Å². The summed E-state index contributed by atoms with van der Waals surface area (Å²) in [6.07, 6.45) is -0.555. The van der Waals surface area contributed by atoms with Gasteiger partial charge in [0, 0.05) is 17.1 Å². The molecule has 18 heavy (non-hydrogen) atoms. The summed E-state index contributed by atoms with van der Waals surface area (Å²) in [5.41, 5.74) is 1.52. The van der Waals surface area contributed by atoms with Crippen LogP contribution in [0.3, 0.4) is 0 Å². The van der Waals surface area contributed by atoms with Crippen molar-refractivity contribution in [3.05, 3.63) is 70.2 Å². The van der Waals surface area contributed by atoms with Gasteiger partial charge < -0.3 is 4.74 Å². The van der Waals surface area contributed by atoms with Gasteiger partial charge in [-0.25, -0.2) is 0 Å². The molecule has 0 fully saturated rings. The van der Waals surface area contributed by atoms with Gasteiger partial charge in [-0.15, -0.1) is 0 Å². The van der Waals surface area contributed by atoms with E-state index < -0.39 is 6.10 Å². The Kier molecular flexibility index (Phi) is 4.28. The lowest BCUT2D eigenvalue weighted by Crippen LogP contribution is -2.14. The summed E-state index contributed by atoms with van der Waals surface area (Å²) < 4.78 is 6.31. The molecule has 2 aromatic carbocycles. The maximum atomic E-state index is 12.3. The Morgan fingerprint density at radius 1 is 1.06 bits per heavy atom. The molecule has 3 heteroatoms. The highest BCUT2D eigenvalue weighted by molar-refractivity contribution is 9.10. The topological polar surface area (TPSA) is 26.3 Å². The van der Waals surface area contributed by atoms with E-state index in [0.717, 1.165) is 10.0 Å². The average molecular weight is 305 g/mol. The van der Waals surface area contributed by atoms with Crippen LogP contribution >= 0.6 is 15.9 Å². The highest BCUT2D eigenvalue weighted by Gasteiger charge is 2.21. The van der Waals surface area contributed by atoms with Crippen LogP contribution in [0.5, 0.6) is 0 Å². The number of rotatable bonds is 4. The SMILES string of the molecule is COC(C(=O)c1ccccc1)c1ccc(Br)cc1. The lowest BCUT2D eigenvalue weighted by Gasteiger charge is -2.14. The van der Waals surface area contributed by atoms with Crippen molar-refractivity contribution in [2.45, 2.75) is 6.10 Å². The third-order valence-corrected chi connectivity index (χ3v) is 3.23. The van der Waals surface area contributed by atoms with Crippen molar-refractivity contribution < 1.29 is 9.53 Å². The van der Waals surface area contributed by atoms with Crippen molar-refractivity contribution in [3.63, 3.8) is 0 Å². The summed E-state index contributed by atoms with van der Waals surface area (Å²) in [6.45, 7) is 0. The molecule has 0 N–H and O–H groups in total. The van der Waals surface area contributed by atoms with Crippen LogP contribution in [0.25, 0.3) is 0 Å². The predicted octanol–water partition coefficient (Wildman–Crippen LogP) is 4.02. The van der Waals surface area contributed by atoms with E-state index in [-0.39, 0.29) is 5.78 Å². The first-order chi connectivity index (χ1) is 8.72. The van der Waals surface area contributed by atoms with Gasteiger partial charge in [-0.05, 0) is 17.7 Å². The number of ether oxygens (including phenoxy) is 1. The fourth-order valence-corrected chi connectivity index (χ4v) is 2.05. The van der Waals surface area contributed by atoms with Crippen LogP contribution < -0.4 is 0 Å². The quantitative estimate of drug-likeness (QED) is 0.798. The number of hydrogen-bond donors (Lipinski definition) is 0. The van der Waals surface area contributed by atoms with Crippen molar-refractivity contribution in [1.82, 2.24) is 0 Å². The van der Waals surface area contributed by atoms with Crippen molar-refractivity contribution in [1.29, 1.82) is 0 Å². The molecule has 0 spiro atoms. The third-order valence-electron chi connectivity index (χ3n) is 2.70. The van der Waals surface area contributed by atoms with Crippen LogP contribution in [0.2, 0.25) is 0 Å². The number of halogens is 1. The number of methoxy groups -OCH3 is 1. The monoisotopic (exact) mass is 304 g/mol. The molecular formula is C15H13BrO2. The number of hydrogen-bond acceptors (Lipinski definition) is 2. The second-order valence-corrected chi connectivity index (χ2v) is 4.81. The van der Waals surface area contributed by atoms with Gasteiger partial charge in [0.05, 0.1) is 0 Å². The third kappa shape index (κ3) is 2.86. The Balaban J connectivity index is 2.29. The molecule has 0 radical (unpaired) electrons. The minimum absolute atomic E-state index is 0.0274. The predicted molar refractivity (Wildman–Crippen MR) is 74.7 cm³/mol. The number of benzene rings is 2. The first-order valence-electron chi connectivity index (χ1n) is 5.60. The number of ketones is 1. The second kappa shape index (κ2) is 5.94. The molecule has 0 saturated carbocycles. The zero-order valence-electron chi connectivity index (χ0n) is 9.97. The molecule has 1 atom stereocenters. The normalized spacial score (nSPS) is 12.1.